The molecule has 1 amide bonds. The van der Waals surface area contributed by atoms with Crippen LogP contribution in [-0.4, -0.2) is 17.3 Å². The molecule has 3 rings (SSSR count). The second-order valence-corrected chi connectivity index (χ2v) is 7.71. The Kier molecular flexibility index (Phi) is 4.70. The number of carbonyl (C=O) groups excluding carboxylic acids is 1. The van der Waals surface area contributed by atoms with Crippen LogP contribution in [0.2, 0.25) is 0 Å². The Morgan fingerprint density at radius 2 is 1.88 bits per heavy atom. The van der Waals surface area contributed by atoms with Gasteiger partial charge in [-0.3, -0.25) is 10.2 Å². The number of ether oxygens (including phenoxy) is 1. The van der Waals surface area contributed by atoms with Crippen molar-refractivity contribution in [1.29, 1.82) is 5.41 Å². The van der Waals surface area contributed by atoms with Gasteiger partial charge in [-0.25, -0.2) is 0 Å². The number of amidine groups is 1. The first-order chi connectivity index (χ1) is 12.3. The van der Waals surface area contributed by atoms with Crippen LogP contribution in [0, 0.1) is 12.3 Å². The second kappa shape index (κ2) is 6.80. The molecule has 134 valence electrons. The summed E-state index contributed by atoms with van der Waals surface area (Å²) in [7, 11) is 0. The van der Waals surface area contributed by atoms with E-state index in [4.69, 9.17) is 15.9 Å². The van der Waals surface area contributed by atoms with E-state index in [-0.39, 0.29) is 11.7 Å². The molecule has 0 bridgehead atoms. The van der Waals surface area contributed by atoms with Crippen LogP contribution >= 0.6 is 11.3 Å². The van der Waals surface area contributed by atoms with Gasteiger partial charge < -0.3 is 15.8 Å². The summed E-state index contributed by atoms with van der Waals surface area (Å²) >= 11 is 1.43. The lowest BCUT2D eigenvalue weighted by atomic mass is 10.1. The van der Waals surface area contributed by atoms with Crippen molar-refractivity contribution in [2.75, 3.05) is 5.32 Å². The number of benzene rings is 2. The largest absolute Gasteiger partial charge is 0.478 e. The first-order valence-corrected chi connectivity index (χ1v) is 9.02. The van der Waals surface area contributed by atoms with Crippen LogP contribution in [0.4, 0.5) is 5.69 Å². The van der Waals surface area contributed by atoms with Crippen LogP contribution in [0.5, 0.6) is 5.75 Å². The zero-order valence-electron chi connectivity index (χ0n) is 14.9. The maximum Gasteiger partial charge on any atom is 0.267 e. The number of carbonyl (C=O) groups is 1. The minimum atomic E-state index is -1.04. The molecule has 0 saturated carbocycles. The highest BCUT2D eigenvalue weighted by Gasteiger charge is 2.30. The van der Waals surface area contributed by atoms with Crippen molar-refractivity contribution in [3.63, 3.8) is 0 Å². The molecule has 6 heteroatoms. The number of hydrogen-bond acceptors (Lipinski definition) is 4. The van der Waals surface area contributed by atoms with Gasteiger partial charge in [-0.2, -0.15) is 0 Å². The summed E-state index contributed by atoms with van der Waals surface area (Å²) in [5, 5.41) is 11.4. The number of thiophene rings is 1. The smallest absolute Gasteiger partial charge is 0.267 e. The van der Waals surface area contributed by atoms with Gasteiger partial charge in [0.1, 0.15) is 11.6 Å². The number of nitrogen functional groups attached to an aromatic ring is 1. The number of amides is 1. The van der Waals surface area contributed by atoms with Crippen molar-refractivity contribution < 1.29 is 9.53 Å². The van der Waals surface area contributed by atoms with Crippen LogP contribution in [0.1, 0.15) is 24.3 Å². The highest BCUT2D eigenvalue weighted by Crippen LogP contribution is 2.32. The van der Waals surface area contributed by atoms with Crippen molar-refractivity contribution >= 4 is 38.9 Å². The van der Waals surface area contributed by atoms with Gasteiger partial charge in [-0.15, -0.1) is 11.3 Å². The number of nitrogens with two attached hydrogens (primary N) is 1. The van der Waals surface area contributed by atoms with Gasteiger partial charge in [-0.1, -0.05) is 23.8 Å². The molecule has 26 heavy (non-hydrogen) atoms. The Morgan fingerprint density at radius 1 is 1.19 bits per heavy atom. The van der Waals surface area contributed by atoms with Crippen molar-refractivity contribution in [3.05, 3.63) is 59.0 Å². The summed E-state index contributed by atoms with van der Waals surface area (Å²) in [6.45, 7) is 5.46. The van der Waals surface area contributed by atoms with Gasteiger partial charge >= 0.3 is 0 Å². The van der Waals surface area contributed by atoms with Crippen LogP contribution in [0.3, 0.4) is 0 Å². The molecule has 0 unspecified atom stereocenters. The predicted octanol–water partition coefficient (Wildman–Crippen LogP) is 4.29. The van der Waals surface area contributed by atoms with E-state index in [1.165, 1.54) is 11.3 Å². The van der Waals surface area contributed by atoms with E-state index in [2.05, 4.69) is 5.32 Å². The van der Waals surface area contributed by atoms with Gasteiger partial charge in [0, 0.05) is 15.8 Å². The van der Waals surface area contributed by atoms with Gasteiger partial charge in [0.05, 0.1) is 4.88 Å². The quantitative estimate of drug-likeness (QED) is 0.464. The molecule has 0 saturated heterocycles. The second-order valence-electron chi connectivity index (χ2n) is 6.62. The van der Waals surface area contributed by atoms with Gasteiger partial charge in [0.2, 0.25) is 0 Å². The molecule has 0 aliphatic rings. The average Bonchev–Trinajstić information content (AvgIpc) is 3.02. The number of fused-ring (bicyclic) bond motifs is 1. The van der Waals surface area contributed by atoms with E-state index in [1.807, 2.05) is 55.5 Å². The lowest BCUT2D eigenvalue weighted by molar-refractivity contribution is -0.128. The third-order valence-corrected chi connectivity index (χ3v) is 5.15. The zero-order chi connectivity index (χ0) is 18.9. The molecule has 4 N–H and O–H groups in total. The minimum absolute atomic E-state index is 0.0199. The molecule has 5 nitrogen and oxygen atoms in total. The van der Waals surface area contributed by atoms with E-state index in [1.54, 1.807) is 13.8 Å². The molecule has 0 radical (unpaired) electrons. The monoisotopic (exact) mass is 367 g/mol. The number of rotatable bonds is 5. The number of anilines is 1. The fourth-order valence-electron chi connectivity index (χ4n) is 2.52. The maximum atomic E-state index is 12.8. The molecule has 0 aliphatic carbocycles. The molecular formula is C20H21N3O2S. The third kappa shape index (κ3) is 3.70. The minimum Gasteiger partial charge on any atom is -0.478 e. The summed E-state index contributed by atoms with van der Waals surface area (Å²) < 4.78 is 6.85. The van der Waals surface area contributed by atoms with Gasteiger partial charge in [0.25, 0.3) is 5.91 Å². The van der Waals surface area contributed by atoms with Crippen LogP contribution < -0.4 is 15.8 Å². The van der Waals surface area contributed by atoms with E-state index in [9.17, 15) is 4.79 Å². The van der Waals surface area contributed by atoms with Crippen molar-refractivity contribution in [2.45, 2.75) is 26.4 Å². The van der Waals surface area contributed by atoms with E-state index in [0.29, 0.717) is 16.3 Å². The molecule has 1 aromatic heterocycles. The maximum absolute atomic E-state index is 12.8. The normalized spacial score (nSPS) is 11.3. The van der Waals surface area contributed by atoms with Gasteiger partial charge in [-0.05, 0) is 51.1 Å². The van der Waals surface area contributed by atoms with Gasteiger partial charge in [0.15, 0.2) is 5.60 Å². The standard InChI is InChI=1S/C20H21N3O2S/c1-12-7-9-13(10-8-12)25-20(2,3)19(24)23-15-5-4-6-16-14(15)11-17(26-16)18(21)22/h4-11H,1-3H3,(H3,21,22)(H,23,24). The van der Waals surface area contributed by atoms with Crippen LogP contribution in [0.15, 0.2) is 48.5 Å². The number of hydrogen-bond donors (Lipinski definition) is 3. The molecular weight excluding hydrogens is 346 g/mol. The Balaban J connectivity index is 1.83. The highest BCUT2D eigenvalue weighted by atomic mass is 32.1. The Hall–Kier alpha value is -2.86. The van der Waals surface area contributed by atoms with Crippen molar-refractivity contribution in [1.82, 2.24) is 0 Å². The fraction of sp³-hybridized carbons (Fsp3) is 0.200. The summed E-state index contributed by atoms with van der Waals surface area (Å²) in [6, 6.07) is 15.1. The summed E-state index contributed by atoms with van der Waals surface area (Å²) in [4.78, 5) is 13.5. The lowest BCUT2D eigenvalue weighted by Crippen LogP contribution is -2.42. The lowest BCUT2D eigenvalue weighted by Gasteiger charge is -2.25. The molecule has 2 aromatic carbocycles. The topological polar surface area (TPSA) is 88.2 Å². The third-order valence-electron chi connectivity index (χ3n) is 4.02. The van der Waals surface area contributed by atoms with E-state index < -0.39 is 5.60 Å². The first-order valence-electron chi connectivity index (χ1n) is 8.20. The van der Waals surface area contributed by atoms with Crippen molar-refractivity contribution in [3.8, 4) is 5.75 Å². The predicted molar refractivity (Wildman–Crippen MR) is 107 cm³/mol. The van der Waals surface area contributed by atoms with E-state index in [0.717, 1.165) is 15.6 Å². The molecule has 0 spiro atoms. The molecule has 3 aromatic rings. The first kappa shape index (κ1) is 17.9. The SMILES string of the molecule is Cc1ccc(OC(C)(C)C(=O)Nc2cccc3sc(C(=N)N)cc23)cc1. The number of nitrogens with one attached hydrogen (secondary N) is 2. The number of aryl methyl sites for hydroxylation is 1. The molecule has 0 aliphatic heterocycles. The highest BCUT2D eigenvalue weighted by molar-refractivity contribution is 7.20. The Bertz CT molecular complexity index is 974. The zero-order valence-corrected chi connectivity index (χ0v) is 15.7. The summed E-state index contributed by atoms with van der Waals surface area (Å²) in [5.41, 5.74) is 6.34. The van der Waals surface area contributed by atoms with Crippen LogP contribution in [-0.2, 0) is 4.79 Å². The Labute approximate surface area is 156 Å². The molecule has 0 fully saturated rings. The van der Waals surface area contributed by atoms with E-state index >= 15 is 0 Å². The summed E-state index contributed by atoms with van der Waals surface area (Å²) in [5.74, 6) is 0.413. The average molecular weight is 367 g/mol. The summed E-state index contributed by atoms with van der Waals surface area (Å²) in [6.07, 6.45) is 0. The molecule has 0 atom stereocenters. The molecule has 1 heterocycles. The van der Waals surface area contributed by atoms with Crippen LogP contribution in [0.25, 0.3) is 10.1 Å². The van der Waals surface area contributed by atoms with Crippen molar-refractivity contribution in [2.24, 2.45) is 5.73 Å². The fourth-order valence-corrected chi connectivity index (χ4v) is 3.47. The Morgan fingerprint density at radius 3 is 2.54 bits per heavy atom.